The topological polar surface area (TPSA) is 57.6 Å². The second kappa shape index (κ2) is 6.03. The zero-order valence-corrected chi connectivity index (χ0v) is 12.0. The fraction of sp³-hybridized carbons (Fsp3) is 0.571. The first kappa shape index (κ1) is 14.5. The smallest absolute Gasteiger partial charge is 0.148 e. The molecule has 2 rings (SSSR count). The van der Waals surface area contributed by atoms with E-state index in [4.69, 9.17) is 0 Å². The summed E-state index contributed by atoms with van der Waals surface area (Å²) in [5.41, 5.74) is 0.882. The van der Waals surface area contributed by atoms with Crippen LogP contribution in [0.5, 0.6) is 0 Å². The molecule has 19 heavy (non-hydrogen) atoms. The van der Waals surface area contributed by atoms with Crippen LogP contribution in [0.1, 0.15) is 24.5 Å². The SMILES string of the molecule is CS(=O)(=O)CCN(C[C@H](O)c1ccccc1)C1CC1. The maximum Gasteiger partial charge on any atom is 0.148 e. The van der Waals surface area contributed by atoms with Crippen molar-refractivity contribution in [2.75, 3.05) is 25.1 Å². The largest absolute Gasteiger partial charge is 0.387 e. The quantitative estimate of drug-likeness (QED) is 0.817. The van der Waals surface area contributed by atoms with Crippen LogP contribution in [0.15, 0.2) is 30.3 Å². The molecule has 1 aromatic rings. The molecule has 1 aliphatic rings. The fourth-order valence-electron chi connectivity index (χ4n) is 2.15. The maximum absolute atomic E-state index is 11.2. The Balaban J connectivity index is 1.93. The van der Waals surface area contributed by atoms with Gasteiger partial charge in [0.2, 0.25) is 0 Å². The third-order valence-corrected chi connectivity index (χ3v) is 4.33. The minimum absolute atomic E-state index is 0.158. The van der Waals surface area contributed by atoms with E-state index in [-0.39, 0.29) is 5.75 Å². The molecule has 1 aromatic carbocycles. The molecule has 0 aliphatic heterocycles. The van der Waals surface area contributed by atoms with Gasteiger partial charge in [0.1, 0.15) is 9.84 Å². The van der Waals surface area contributed by atoms with Crippen LogP contribution >= 0.6 is 0 Å². The van der Waals surface area contributed by atoms with E-state index in [0.29, 0.717) is 19.1 Å². The third kappa shape index (κ3) is 4.93. The Bertz CT molecular complexity index is 497. The highest BCUT2D eigenvalue weighted by molar-refractivity contribution is 7.90. The molecule has 1 saturated carbocycles. The van der Waals surface area contributed by atoms with Gasteiger partial charge in [-0.15, -0.1) is 0 Å². The number of nitrogens with zero attached hydrogens (tertiary/aromatic N) is 1. The monoisotopic (exact) mass is 283 g/mol. The van der Waals surface area contributed by atoms with E-state index >= 15 is 0 Å². The summed E-state index contributed by atoms with van der Waals surface area (Å²) >= 11 is 0. The molecule has 0 unspecified atom stereocenters. The number of hydrogen-bond donors (Lipinski definition) is 1. The van der Waals surface area contributed by atoms with Gasteiger partial charge in [-0.2, -0.15) is 0 Å². The van der Waals surface area contributed by atoms with Crippen LogP contribution in [0.4, 0.5) is 0 Å². The molecule has 0 heterocycles. The summed E-state index contributed by atoms with van der Waals surface area (Å²) in [6, 6.07) is 9.95. The first-order valence-electron chi connectivity index (χ1n) is 6.60. The maximum atomic E-state index is 11.2. The molecule has 0 radical (unpaired) electrons. The summed E-state index contributed by atoms with van der Waals surface area (Å²) < 4.78 is 22.5. The summed E-state index contributed by atoms with van der Waals surface area (Å²) in [5, 5.41) is 10.2. The lowest BCUT2D eigenvalue weighted by molar-refractivity contribution is 0.112. The van der Waals surface area contributed by atoms with Gasteiger partial charge in [-0.3, -0.25) is 4.90 Å². The number of aliphatic hydroxyl groups is 1. The van der Waals surface area contributed by atoms with Crippen molar-refractivity contribution in [3.63, 3.8) is 0 Å². The fourth-order valence-corrected chi connectivity index (χ4v) is 2.71. The van der Waals surface area contributed by atoms with Gasteiger partial charge in [0.05, 0.1) is 11.9 Å². The molecule has 1 fully saturated rings. The van der Waals surface area contributed by atoms with Gasteiger partial charge < -0.3 is 5.11 Å². The second-order valence-corrected chi connectivity index (χ2v) is 7.54. The number of benzene rings is 1. The summed E-state index contributed by atoms with van der Waals surface area (Å²) in [7, 11) is -2.95. The van der Waals surface area contributed by atoms with Crippen molar-refractivity contribution in [2.45, 2.75) is 25.0 Å². The first-order chi connectivity index (χ1) is 8.96. The second-order valence-electron chi connectivity index (χ2n) is 5.28. The normalized spacial score (nSPS) is 17.6. The van der Waals surface area contributed by atoms with Crippen molar-refractivity contribution in [3.05, 3.63) is 35.9 Å². The van der Waals surface area contributed by atoms with Gasteiger partial charge in [0, 0.05) is 25.4 Å². The van der Waals surface area contributed by atoms with Crippen molar-refractivity contribution < 1.29 is 13.5 Å². The average molecular weight is 283 g/mol. The van der Waals surface area contributed by atoms with Crippen LogP contribution in [0.25, 0.3) is 0 Å². The van der Waals surface area contributed by atoms with Gasteiger partial charge >= 0.3 is 0 Å². The van der Waals surface area contributed by atoms with Crippen molar-refractivity contribution >= 4 is 9.84 Å². The molecule has 0 aromatic heterocycles. The van der Waals surface area contributed by atoms with Crippen LogP contribution in [0.2, 0.25) is 0 Å². The molecule has 1 aliphatic carbocycles. The van der Waals surface area contributed by atoms with E-state index in [1.165, 1.54) is 6.26 Å². The van der Waals surface area contributed by atoms with E-state index in [1.807, 2.05) is 30.3 Å². The van der Waals surface area contributed by atoms with E-state index < -0.39 is 15.9 Å². The highest BCUT2D eigenvalue weighted by atomic mass is 32.2. The Morgan fingerprint density at radius 3 is 2.47 bits per heavy atom. The minimum atomic E-state index is -2.95. The van der Waals surface area contributed by atoms with Gasteiger partial charge in [-0.25, -0.2) is 8.42 Å². The van der Waals surface area contributed by atoms with Gasteiger partial charge in [-0.1, -0.05) is 30.3 Å². The lowest BCUT2D eigenvalue weighted by atomic mass is 10.1. The number of hydrogen-bond acceptors (Lipinski definition) is 4. The van der Waals surface area contributed by atoms with Crippen LogP contribution in [-0.2, 0) is 9.84 Å². The van der Waals surface area contributed by atoms with Crippen molar-refractivity contribution in [1.29, 1.82) is 0 Å². The van der Waals surface area contributed by atoms with E-state index in [2.05, 4.69) is 4.90 Å². The summed E-state index contributed by atoms with van der Waals surface area (Å²) in [6.45, 7) is 1.01. The number of aliphatic hydroxyl groups excluding tert-OH is 1. The van der Waals surface area contributed by atoms with Gasteiger partial charge in [0.15, 0.2) is 0 Å². The summed E-state index contributed by atoms with van der Waals surface area (Å²) in [5.74, 6) is 0.158. The van der Waals surface area contributed by atoms with E-state index in [0.717, 1.165) is 18.4 Å². The molecule has 5 heteroatoms. The van der Waals surface area contributed by atoms with E-state index in [1.54, 1.807) is 0 Å². The Kier molecular flexibility index (Phi) is 4.60. The van der Waals surface area contributed by atoms with Crippen LogP contribution in [-0.4, -0.2) is 49.6 Å². The van der Waals surface area contributed by atoms with Gasteiger partial charge in [-0.05, 0) is 18.4 Å². The summed E-state index contributed by atoms with van der Waals surface area (Å²) in [6.07, 6.45) is 2.91. The van der Waals surface area contributed by atoms with Crippen molar-refractivity contribution in [1.82, 2.24) is 4.90 Å². The lowest BCUT2D eigenvalue weighted by Crippen LogP contribution is -2.34. The Morgan fingerprint density at radius 1 is 1.32 bits per heavy atom. The van der Waals surface area contributed by atoms with Gasteiger partial charge in [0.25, 0.3) is 0 Å². The molecule has 4 nitrogen and oxygen atoms in total. The van der Waals surface area contributed by atoms with Crippen molar-refractivity contribution in [3.8, 4) is 0 Å². The van der Waals surface area contributed by atoms with E-state index in [9.17, 15) is 13.5 Å². The molecular formula is C14H21NO3S. The zero-order valence-electron chi connectivity index (χ0n) is 11.2. The molecule has 0 bridgehead atoms. The predicted octanol–water partition coefficient (Wildman–Crippen LogP) is 1.23. The van der Waals surface area contributed by atoms with Crippen LogP contribution in [0.3, 0.4) is 0 Å². The average Bonchev–Trinajstić information content (AvgIpc) is 3.18. The molecule has 1 atom stereocenters. The molecule has 0 spiro atoms. The number of rotatable bonds is 7. The molecule has 0 amide bonds. The predicted molar refractivity (Wildman–Crippen MR) is 75.7 cm³/mol. The zero-order chi connectivity index (χ0) is 13.9. The highest BCUT2D eigenvalue weighted by Gasteiger charge is 2.30. The van der Waals surface area contributed by atoms with Crippen LogP contribution in [0, 0.1) is 0 Å². The Morgan fingerprint density at radius 2 is 1.95 bits per heavy atom. The lowest BCUT2D eigenvalue weighted by Gasteiger charge is -2.24. The highest BCUT2D eigenvalue weighted by Crippen LogP contribution is 2.28. The van der Waals surface area contributed by atoms with Crippen LogP contribution < -0.4 is 0 Å². The molecule has 106 valence electrons. The summed E-state index contributed by atoms with van der Waals surface area (Å²) in [4.78, 5) is 2.10. The standard InChI is InChI=1S/C14H21NO3S/c1-19(17,18)10-9-15(13-7-8-13)11-14(16)12-5-3-2-4-6-12/h2-6,13-14,16H,7-11H2,1H3/t14-/m0/s1. The Labute approximate surface area is 115 Å². The number of sulfone groups is 1. The molecule has 0 saturated heterocycles. The third-order valence-electron chi connectivity index (χ3n) is 3.40. The Hall–Kier alpha value is -0.910. The minimum Gasteiger partial charge on any atom is -0.387 e. The van der Waals surface area contributed by atoms with Crippen molar-refractivity contribution in [2.24, 2.45) is 0 Å². The first-order valence-corrected chi connectivity index (χ1v) is 8.66. The molecular weight excluding hydrogens is 262 g/mol. The molecule has 1 N–H and O–H groups in total.